The van der Waals surface area contributed by atoms with Gasteiger partial charge < -0.3 is 10.4 Å². The van der Waals surface area contributed by atoms with Crippen molar-refractivity contribution in [2.75, 3.05) is 0 Å². The standard InChI is InChI=1S/C26H33N3O3/c1-18(25(31)32)29-23(30)11-8-19-6-9-22(10-7-19)24-27-16-21(17-28-24)15-20-5-4-13-26(2,3)14-12-20/h6-7,9-10,12,16-18H,4-5,8,11,13-15H2,1-3H3,(H,29,30)(H,31,32). The van der Waals surface area contributed by atoms with Crippen molar-refractivity contribution in [2.24, 2.45) is 5.41 Å². The van der Waals surface area contributed by atoms with Crippen LogP contribution in [0.5, 0.6) is 0 Å². The highest BCUT2D eigenvalue weighted by atomic mass is 16.4. The van der Waals surface area contributed by atoms with Crippen LogP contribution in [0.1, 0.15) is 64.0 Å². The first-order chi connectivity index (χ1) is 15.2. The molecule has 1 unspecified atom stereocenters. The smallest absolute Gasteiger partial charge is 0.325 e. The Morgan fingerprint density at radius 3 is 2.47 bits per heavy atom. The maximum absolute atomic E-state index is 11.8. The minimum absolute atomic E-state index is 0.245. The zero-order valence-electron chi connectivity index (χ0n) is 19.2. The Kier molecular flexibility index (Phi) is 7.78. The molecule has 1 amide bonds. The Balaban J connectivity index is 1.54. The van der Waals surface area contributed by atoms with Crippen molar-refractivity contribution < 1.29 is 14.7 Å². The van der Waals surface area contributed by atoms with E-state index in [1.165, 1.54) is 25.3 Å². The van der Waals surface area contributed by atoms with Gasteiger partial charge in [-0.1, -0.05) is 49.8 Å². The maximum atomic E-state index is 11.8. The molecule has 6 heteroatoms. The molecule has 0 spiro atoms. The Labute approximate surface area is 190 Å². The van der Waals surface area contributed by atoms with Crippen molar-refractivity contribution in [1.29, 1.82) is 0 Å². The predicted octanol–water partition coefficient (Wildman–Crippen LogP) is 4.73. The van der Waals surface area contributed by atoms with Crippen LogP contribution in [0.2, 0.25) is 0 Å². The number of carbonyl (C=O) groups is 2. The van der Waals surface area contributed by atoms with Gasteiger partial charge in [-0.05, 0) is 62.0 Å². The van der Waals surface area contributed by atoms with Crippen LogP contribution in [-0.4, -0.2) is 33.0 Å². The van der Waals surface area contributed by atoms with E-state index in [4.69, 9.17) is 5.11 Å². The van der Waals surface area contributed by atoms with E-state index < -0.39 is 12.0 Å². The van der Waals surface area contributed by atoms with Gasteiger partial charge in [-0.2, -0.15) is 0 Å². The van der Waals surface area contributed by atoms with E-state index >= 15 is 0 Å². The van der Waals surface area contributed by atoms with Crippen molar-refractivity contribution in [1.82, 2.24) is 15.3 Å². The largest absolute Gasteiger partial charge is 0.480 e. The van der Waals surface area contributed by atoms with Crippen molar-refractivity contribution in [2.45, 2.75) is 71.8 Å². The second kappa shape index (κ2) is 10.5. The summed E-state index contributed by atoms with van der Waals surface area (Å²) in [4.78, 5) is 31.8. The summed E-state index contributed by atoms with van der Waals surface area (Å²) in [5.74, 6) is -0.622. The summed E-state index contributed by atoms with van der Waals surface area (Å²) < 4.78 is 0. The van der Waals surface area contributed by atoms with Gasteiger partial charge in [0.2, 0.25) is 5.91 Å². The normalized spacial score (nSPS) is 16.5. The lowest BCUT2D eigenvalue weighted by Crippen LogP contribution is -2.38. The number of aromatic nitrogens is 2. The molecule has 0 bridgehead atoms. The minimum Gasteiger partial charge on any atom is -0.480 e. The molecule has 0 aliphatic heterocycles. The average Bonchev–Trinajstić information content (AvgIpc) is 2.93. The van der Waals surface area contributed by atoms with Crippen LogP contribution in [0, 0.1) is 5.41 Å². The monoisotopic (exact) mass is 435 g/mol. The lowest BCUT2D eigenvalue weighted by molar-refractivity contribution is -0.141. The Bertz CT molecular complexity index is 963. The van der Waals surface area contributed by atoms with E-state index in [2.05, 4.69) is 35.2 Å². The lowest BCUT2D eigenvalue weighted by Gasteiger charge is -2.20. The van der Waals surface area contributed by atoms with Gasteiger partial charge in [0.25, 0.3) is 0 Å². The third-order valence-electron chi connectivity index (χ3n) is 6.03. The number of amides is 1. The van der Waals surface area contributed by atoms with Crippen LogP contribution in [0.15, 0.2) is 48.3 Å². The van der Waals surface area contributed by atoms with Gasteiger partial charge in [0, 0.05) is 24.4 Å². The number of carboxylic acids is 1. The molecule has 2 N–H and O–H groups in total. The fraction of sp³-hybridized carbons (Fsp3) is 0.462. The van der Waals surface area contributed by atoms with E-state index in [1.54, 1.807) is 0 Å². The van der Waals surface area contributed by atoms with E-state index in [1.807, 2.05) is 36.7 Å². The molecule has 1 aromatic carbocycles. The first-order valence-corrected chi connectivity index (χ1v) is 11.3. The van der Waals surface area contributed by atoms with E-state index in [-0.39, 0.29) is 12.3 Å². The van der Waals surface area contributed by atoms with Gasteiger partial charge in [-0.15, -0.1) is 0 Å². The molecule has 170 valence electrons. The van der Waals surface area contributed by atoms with Crippen LogP contribution in [-0.2, 0) is 22.4 Å². The number of hydrogen-bond acceptors (Lipinski definition) is 4. The quantitative estimate of drug-likeness (QED) is 0.585. The Morgan fingerprint density at radius 2 is 1.81 bits per heavy atom. The van der Waals surface area contributed by atoms with Crippen LogP contribution >= 0.6 is 0 Å². The Morgan fingerprint density at radius 1 is 1.12 bits per heavy atom. The second-order valence-electron chi connectivity index (χ2n) is 9.50. The van der Waals surface area contributed by atoms with Gasteiger partial charge in [-0.3, -0.25) is 9.59 Å². The number of aryl methyl sites for hydroxylation is 1. The number of rotatable bonds is 8. The molecule has 0 saturated heterocycles. The summed E-state index contributed by atoms with van der Waals surface area (Å²) in [7, 11) is 0. The zero-order valence-corrected chi connectivity index (χ0v) is 19.2. The first kappa shape index (κ1) is 23.6. The molecule has 1 aliphatic carbocycles. The molecule has 0 radical (unpaired) electrons. The number of nitrogens with zero attached hydrogens (tertiary/aromatic N) is 2. The average molecular weight is 436 g/mol. The summed E-state index contributed by atoms with van der Waals surface area (Å²) in [6.07, 6.45) is 12.7. The van der Waals surface area contributed by atoms with E-state index in [0.29, 0.717) is 17.7 Å². The van der Waals surface area contributed by atoms with Crippen LogP contribution in [0.3, 0.4) is 0 Å². The number of allylic oxidation sites excluding steroid dienone is 2. The van der Waals surface area contributed by atoms with Crippen molar-refractivity contribution >= 4 is 11.9 Å². The molecule has 0 saturated carbocycles. The third-order valence-corrected chi connectivity index (χ3v) is 6.03. The predicted molar refractivity (Wildman–Crippen MR) is 125 cm³/mol. The molecule has 6 nitrogen and oxygen atoms in total. The lowest BCUT2D eigenvalue weighted by atomic mass is 9.86. The van der Waals surface area contributed by atoms with Crippen LogP contribution in [0.25, 0.3) is 11.4 Å². The first-order valence-electron chi connectivity index (χ1n) is 11.3. The van der Waals surface area contributed by atoms with Crippen LogP contribution < -0.4 is 5.32 Å². The molecule has 1 atom stereocenters. The van der Waals surface area contributed by atoms with Gasteiger partial charge in [0.15, 0.2) is 5.82 Å². The second-order valence-corrected chi connectivity index (χ2v) is 9.50. The summed E-state index contributed by atoms with van der Waals surface area (Å²) in [5, 5.41) is 11.3. The molecular weight excluding hydrogens is 402 g/mol. The molecule has 2 aromatic rings. The SMILES string of the molecule is CC(NC(=O)CCc1ccc(-c2ncc(CC3=CCC(C)(C)CCC3)cn2)cc1)C(=O)O. The third kappa shape index (κ3) is 7.01. The number of carbonyl (C=O) groups excluding carboxylic acids is 1. The number of hydrogen-bond donors (Lipinski definition) is 2. The van der Waals surface area contributed by atoms with E-state index in [0.717, 1.165) is 36.0 Å². The van der Waals surface area contributed by atoms with Gasteiger partial charge in [0.05, 0.1) is 0 Å². The maximum Gasteiger partial charge on any atom is 0.325 e. The summed E-state index contributed by atoms with van der Waals surface area (Å²) in [5.41, 5.74) is 4.96. The Hall–Kier alpha value is -3.02. The van der Waals surface area contributed by atoms with Gasteiger partial charge in [0.1, 0.15) is 6.04 Å². The summed E-state index contributed by atoms with van der Waals surface area (Å²) in [6, 6.07) is 6.95. The molecular formula is C26H33N3O3. The zero-order chi connectivity index (χ0) is 23.1. The molecule has 3 rings (SSSR count). The fourth-order valence-corrected chi connectivity index (χ4v) is 3.89. The minimum atomic E-state index is -1.04. The fourth-order valence-electron chi connectivity index (χ4n) is 3.89. The van der Waals surface area contributed by atoms with Gasteiger partial charge >= 0.3 is 5.97 Å². The number of aliphatic carboxylic acids is 1. The van der Waals surface area contributed by atoms with E-state index in [9.17, 15) is 9.59 Å². The van der Waals surface area contributed by atoms with Crippen molar-refractivity contribution in [3.63, 3.8) is 0 Å². The number of benzene rings is 1. The molecule has 1 aromatic heterocycles. The topological polar surface area (TPSA) is 92.2 Å². The molecule has 0 fully saturated rings. The number of carboxylic acid groups (broad SMARTS) is 1. The van der Waals surface area contributed by atoms with Gasteiger partial charge in [-0.25, -0.2) is 9.97 Å². The number of nitrogens with one attached hydrogen (secondary N) is 1. The van der Waals surface area contributed by atoms with Crippen molar-refractivity contribution in [3.8, 4) is 11.4 Å². The summed E-state index contributed by atoms with van der Waals surface area (Å²) in [6.45, 7) is 6.13. The summed E-state index contributed by atoms with van der Waals surface area (Å²) >= 11 is 0. The highest BCUT2D eigenvalue weighted by Crippen LogP contribution is 2.33. The van der Waals surface area contributed by atoms with Crippen LogP contribution in [0.4, 0.5) is 0 Å². The highest BCUT2D eigenvalue weighted by Gasteiger charge is 2.19. The molecule has 1 aliphatic rings. The molecule has 32 heavy (non-hydrogen) atoms. The molecule has 1 heterocycles. The van der Waals surface area contributed by atoms with Crippen molar-refractivity contribution in [3.05, 3.63) is 59.4 Å². The highest BCUT2D eigenvalue weighted by molar-refractivity contribution is 5.83.